The summed E-state index contributed by atoms with van der Waals surface area (Å²) in [5, 5.41) is 0. The van der Waals surface area contributed by atoms with Gasteiger partial charge in [0.2, 0.25) is 0 Å². The summed E-state index contributed by atoms with van der Waals surface area (Å²) in [6, 6.07) is 17.5. The highest BCUT2D eigenvalue weighted by atomic mass is 16.5. The van der Waals surface area contributed by atoms with Gasteiger partial charge in [0.1, 0.15) is 6.10 Å². The van der Waals surface area contributed by atoms with Gasteiger partial charge in [-0.25, -0.2) is 0 Å². The number of hydrogen-bond acceptors (Lipinski definition) is 2. The summed E-state index contributed by atoms with van der Waals surface area (Å²) in [5.74, 6) is 0. The van der Waals surface area contributed by atoms with Crippen molar-refractivity contribution in [2.24, 2.45) is 0 Å². The lowest BCUT2D eigenvalue weighted by atomic mass is 10.0. The Morgan fingerprint density at radius 2 is 1.58 bits per heavy atom. The van der Waals surface area contributed by atoms with Crippen molar-refractivity contribution in [1.29, 1.82) is 0 Å². The fourth-order valence-corrected chi connectivity index (χ4v) is 1.93. The van der Waals surface area contributed by atoms with Gasteiger partial charge in [-0.15, -0.1) is 0 Å². The first-order chi connectivity index (χ1) is 9.35. The zero-order chi connectivity index (χ0) is 13.5. The molecule has 0 amide bonds. The molecule has 0 saturated heterocycles. The molecule has 2 aromatic rings. The number of rotatable bonds is 5. The van der Waals surface area contributed by atoms with E-state index in [4.69, 9.17) is 4.74 Å². The quantitative estimate of drug-likeness (QED) is 0.754. The molecule has 0 N–H and O–H groups in total. The number of aldehydes is 1. The van der Waals surface area contributed by atoms with Gasteiger partial charge in [0.25, 0.3) is 0 Å². The van der Waals surface area contributed by atoms with E-state index in [-0.39, 0.29) is 6.10 Å². The number of methoxy groups -OCH3 is 1. The number of hydrogen-bond donors (Lipinski definition) is 0. The van der Waals surface area contributed by atoms with Gasteiger partial charge in [-0.1, -0.05) is 66.7 Å². The molecule has 0 saturated carbocycles. The van der Waals surface area contributed by atoms with Gasteiger partial charge in [0, 0.05) is 12.7 Å². The summed E-state index contributed by atoms with van der Waals surface area (Å²) in [7, 11) is 1.67. The minimum absolute atomic E-state index is 0.110. The first-order valence-corrected chi connectivity index (χ1v) is 6.15. The van der Waals surface area contributed by atoms with Crippen LogP contribution in [0.3, 0.4) is 0 Å². The van der Waals surface area contributed by atoms with Crippen LogP contribution in [0.4, 0.5) is 0 Å². The lowest BCUT2D eigenvalue weighted by molar-refractivity contribution is 0.112. The molecule has 0 spiro atoms. The Hall–Kier alpha value is -2.19. The van der Waals surface area contributed by atoms with Crippen molar-refractivity contribution in [2.75, 3.05) is 7.11 Å². The van der Waals surface area contributed by atoms with Gasteiger partial charge in [0.15, 0.2) is 6.29 Å². The predicted octanol–water partition coefficient (Wildman–Crippen LogP) is 3.90. The number of carbonyl (C=O) groups excluding carboxylic acids is 1. The van der Waals surface area contributed by atoms with Crippen molar-refractivity contribution < 1.29 is 9.53 Å². The molecular weight excluding hydrogens is 236 g/mol. The third-order valence-electron chi connectivity index (χ3n) is 2.96. The zero-order valence-electron chi connectivity index (χ0n) is 10.8. The average Bonchev–Trinajstić information content (AvgIpc) is 2.49. The van der Waals surface area contributed by atoms with Gasteiger partial charge in [-0.05, 0) is 11.1 Å². The van der Waals surface area contributed by atoms with Crippen LogP contribution in [0.25, 0.3) is 6.08 Å². The molecule has 0 aliphatic heterocycles. The third-order valence-corrected chi connectivity index (χ3v) is 2.96. The number of ether oxygens (including phenoxy) is 1. The highest BCUT2D eigenvalue weighted by molar-refractivity contribution is 5.81. The molecule has 0 heterocycles. The van der Waals surface area contributed by atoms with Crippen LogP contribution in [0.2, 0.25) is 0 Å². The van der Waals surface area contributed by atoms with Crippen LogP contribution in [0, 0.1) is 0 Å². The predicted molar refractivity (Wildman–Crippen MR) is 77.1 cm³/mol. The van der Waals surface area contributed by atoms with Crippen LogP contribution >= 0.6 is 0 Å². The van der Waals surface area contributed by atoms with Crippen LogP contribution in [0.5, 0.6) is 0 Å². The second kappa shape index (κ2) is 6.66. The summed E-state index contributed by atoms with van der Waals surface area (Å²) in [4.78, 5) is 10.9. The smallest absolute Gasteiger partial charge is 0.150 e. The van der Waals surface area contributed by atoms with Crippen molar-refractivity contribution in [2.45, 2.75) is 6.10 Å². The molecule has 2 nitrogen and oxygen atoms in total. The SMILES string of the molecule is COC(/C=C/c1ccccc1C=O)c1ccccc1. The summed E-state index contributed by atoms with van der Waals surface area (Å²) in [5.41, 5.74) is 2.67. The van der Waals surface area contributed by atoms with Gasteiger partial charge < -0.3 is 4.74 Å². The van der Waals surface area contributed by atoms with Crippen molar-refractivity contribution in [3.05, 3.63) is 77.4 Å². The largest absolute Gasteiger partial charge is 0.373 e. The summed E-state index contributed by atoms with van der Waals surface area (Å²) < 4.78 is 5.46. The fourth-order valence-electron chi connectivity index (χ4n) is 1.93. The first-order valence-electron chi connectivity index (χ1n) is 6.15. The van der Waals surface area contributed by atoms with E-state index in [0.29, 0.717) is 5.56 Å². The van der Waals surface area contributed by atoms with Crippen LogP contribution in [-0.4, -0.2) is 13.4 Å². The Morgan fingerprint density at radius 1 is 0.947 bits per heavy atom. The van der Waals surface area contributed by atoms with E-state index in [1.165, 1.54) is 0 Å². The molecule has 0 bridgehead atoms. The maximum absolute atomic E-state index is 10.9. The second-order valence-corrected chi connectivity index (χ2v) is 4.17. The Kier molecular flexibility index (Phi) is 4.65. The van der Waals surface area contributed by atoms with Crippen LogP contribution in [-0.2, 0) is 4.74 Å². The standard InChI is InChI=1S/C17H16O2/c1-19-17(15-8-3-2-4-9-15)12-11-14-7-5-6-10-16(14)13-18/h2-13,17H,1H3/b12-11+. The van der Waals surface area contributed by atoms with Crippen molar-refractivity contribution in [3.8, 4) is 0 Å². The fraction of sp³-hybridized carbons (Fsp3) is 0.118. The monoisotopic (exact) mass is 252 g/mol. The van der Waals surface area contributed by atoms with E-state index in [9.17, 15) is 4.79 Å². The van der Waals surface area contributed by atoms with E-state index in [1.54, 1.807) is 13.2 Å². The zero-order valence-corrected chi connectivity index (χ0v) is 10.8. The van der Waals surface area contributed by atoms with Crippen molar-refractivity contribution >= 4 is 12.4 Å². The highest BCUT2D eigenvalue weighted by Gasteiger charge is 2.05. The molecule has 0 aliphatic rings. The van der Waals surface area contributed by atoms with E-state index in [0.717, 1.165) is 17.4 Å². The van der Waals surface area contributed by atoms with E-state index >= 15 is 0 Å². The molecule has 0 aliphatic carbocycles. The minimum Gasteiger partial charge on any atom is -0.373 e. The molecule has 2 rings (SSSR count). The third kappa shape index (κ3) is 3.39. The molecule has 19 heavy (non-hydrogen) atoms. The molecule has 96 valence electrons. The van der Waals surface area contributed by atoms with Crippen molar-refractivity contribution in [3.63, 3.8) is 0 Å². The molecule has 1 atom stereocenters. The van der Waals surface area contributed by atoms with Crippen LogP contribution in [0.1, 0.15) is 27.6 Å². The summed E-state index contributed by atoms with van der Waals surface area (Å²) in [6.45, 7) is 0. The molecular formula is C17H16O2. The molecule has 0 radical (unpaired) electrons. The van der Waals surface area contributed by atoms with Gasteiger partial charge in [-0.3, -0.25) is 4.79 Å². The van der Waals surface area contributed by atoms with Gasteiger partial charge >= 0.3 is 0 Å². The van der Waals surface area contributed by atoms with Gasteiger partial charge in [-0.2, -0.15) is 0 Å². The van der Waals surface area contributed by atoms with E-state index < -0.39 is 0 Å². The van der Waals surface area contributed by atoms with Gasteiger partial charge in [0.05, 0.1) is 0 Å². The Morgan fingerprint density at radius 3 is 2.21 bits per heavy atom. The maximum Gasteiger partial charge on any atom is 0.150 e. The molecule has 2 heteroatoms. The number of carbonyl (C=O) groups is 1. The number of benzene rings is 2. The van der Waals surface area contributed by atoms with E-state index in [2.05, 4.69) is 0 Å². The highest BCUT2D eigenvalue weighted by Crippen LogP contribution is 2.19. The van der Waals surface area contributed by atoms with Crippen LogP contribution < -0.4 is 0 Å². The second-order valence-electron chi connectivity index (χ2n) is 4.17. The molecule has 0 fully saturated rings. The summed E-state index contributed by atoms with van der Waals surface area (Å²) >= 11 is 0. The lowest BCUT2D eigenvalue weighted by Gasteiger charge is -2.11. The Labute approximate surface area is 113 Å². The average molecular weight is 252 g/mol. The first kappa shape index (κ1) is 13.2. The molecule has 0 aromatic heterocycles. The van der Waals surface area contributed by atoms with E-state index in [1.807, 2.05) is 60.7 Å². The Balaban J connectivity index is 2.23. The van der Waals surface area contributed by atoms with Crippen molar-refractivity contribution in [1.82, 2.24) is 0 Å². The topological polar surface area (TPSA) is 26.3 Å². The normalized spacial score (nSPS) is 12.5. The Bertz CT molecular complexity index is 558. The minimum atomic E-state index is -0.110. The maximum atomic E-state index is 10.9. The molecule has 2 aromatic carbocycles. The summed E-state index contributed by atoms with van der Waals surface area (Å²) in [6.07, 6.45) is 4.63. The lowest BCUT2D eigenvalue weighted by Crippen LogP contribution is -1.97. The van der Waals surface area contributed by atoms with Crippen LogP contribution in [0.15, 0.2) is 60.7 Å². The molecule has 1 unspecified atom stereocenters.